The van der Waals surface area contributed by atoms with Gasteiger partial charge in [-0.15, -0.1) is 0 Å². The number of likely N-dealkylation sites (N-methyl/N-ethyl adjacent to an activating group) is 1. The van der Waals surface area contributed by atoms with Crippen LogP contribution in [0.4, 0.5) is 0 Å². The fourth-order valence-electron chi connectivity index (χ4n) is 3.49. The van der Waals surface area contributed by atoms with Crippen molar-refractivity contribution in [3.05, 3.63) is 35.4 Å². The van der Waals surface area contributed by atoms with E-state index in [1.165, 1.54) is 57.7 Å². The molecule has 0 spiro atoms. The Kier molecular flexibility index (Phi) is 4.71. The van der Waals surface area contributed by atoms with E-state index < -0.39 is 0 Å². The lowest BCUT2D eigenvalue weighted by atomic mass is 9.92. The van der Waals surface area contributed by atoms with Gasteiger partial charge in [0.2, 0.25) is 0 Å². The Labute approximate surface area is 123 Å². The molecule has 2 aliphatic heterocycles. The molecule has 0 aromatic heterocycles. The second kappa shape index (κ2) is 6.70. The zero-order valence-electron chi connectivity index (χ0n) is 12.6. The van der Waals surface area contributed by atoms with Gasteiger partial charge in [-0.2, -0.15) is 0 Å². The summed E-state index contributed by atoms with van der Waals surface area (Å²) in [5.74, 6) is 0. The highest BCUT2D eigenvalue weighted by Gasteiger charge is 2.21. The van der Waals surface area contributed by atoms with Crippen LogP contribution >= 0.6 is 0 Å². The molecule has 1 N–H and O–H groups in total. The van der Waals surface area contributed by atoms with Crippen molar-refractivity contribution in [2.45, 2.75) is 25.8 Å². The van der Waals surface area contributed by atoms with Gasteiger partial charge in [0, 0.05) is 38.8 Å². The summed E-state index contributed by atoms with van der Waals surface area (Å²) in [5, 5.41) is 3.70. The van der Waals surface area contributed by atoms with Gasteiger partial charge in [-0.3, -0.25) is 0 Å². The van der Waals surface area contributed by atoms with Crippen LogP contribution in [0.1, 0.15) is 30.5 Å². The van der Waals surface area contributed by atoms with Crippen LogP contribution in [0.15, 0.2) is 24.3 Å². The predicted octanol–water partition coefficient (Wildman–Crippen LogP) is 1.90. The molecule has 0 bridgehead atoms. The lowest BCUT2D eigenvalue weighted by Crippen LogP contribution is -2.47. The largest absolute Gasteiger partial charge is 0.310 e. The van der Waals surface area contributed by atoms with Crippen LogP contribution in [0.5, 0.6) is 0 Å². The minimum Gasteiger partial charge on any atom is -0.310 e. The molecule has 1 atom stereocenters. The van der Waals surface area contributed by atoms with Crippen LogP contribution < -0.4 is 5.32 Å². The van der Waals surface area contributed by atoms with E-state index in [0.717, 1.165) is 6.54 Å². The minimum atomic E-state index is 0.559. The summed E-state index contributed by atoms with van der Waals surface area (Å²) in [6, 6.07) is 9.51. The molecule has 0 radical (unpaired) electrons. The smallest absolute Gasteiger partial charge is 0.0335 e. The summed E-state index contributed by atoms with van der Waals surface area (Å²) in [4.78, 5) is 5.18. The molecule has 0 amide bonds. The SMILES string of the molecule is CCN1CCN(CCC2NCCc3ccccc32)CC1. The Hall–Kier alpha value is -0.900. The zero-order valence-corrected chi connectivity index (χ0v) is 12.6. The van der Waals surface area contributed by atoms with Gasteiger partial charge in [-0.25, -0.2) is 0 Å². The average Bonchev–Trinajstić information content (AvgIpc) is 2.53. The molecule has 0 aliphatic carbocycles. The van der Waals surface area contributed by atoms with Crippen LogP contribution in [0.25, 0.3) is 0 Å². The monoisotopic (exact) mass is 273 g/mol. The van der Waals surface area contributed by atoms with Gasteiger partial charge in [0.25, 0.3) is 0 Å². The van der Waals surface area contributed by atoms with Crippen LogP contribution in [0, 0.1) is 0 Å². The molecule has 2 aliphatic rings. The Morgan fingerprint density at radius 2 is 1.85 bits per heavy atom. The Morgan fingerprint density at radius 1 is 1.10 bits per heavy atom. The molecule has 1 saturated heterocycles. The lowest BCUT2D eigenvalue weighted by molar-refractivity contribution is 0.132. The number of rotatable bonds is 4. The molecular formula is C17H27N3. The van der Waals surface area contributed by atoms with Crippen LogP contribution in [0.3, 0.4) is 0 Å². The highest BCUT2D eigenvalue weighted by Crippen LogP contribution is 2.25. The van der Waals surface area contributed by atoms with Crippen molar-refractivity contribution in [3.63, 3.8) is 0 Å². The summed E-state index contributed by atoms with van der Waals surface area (Å²) in [7, 11) is 0. The van der Waals surface area contributed by atoms with Gasteiger partial charge >= 0.3 is 0 Å². The molecular weight excluding hydrogens is 246 g/mol. The number of benzene rings is 1. The maximum absolute atomic E-state index is 3.70. The van der Waals surface area contributed by atoms with E-state index in [1.807, 2.05) is 0 Å². The van der Waals surface area contributed by atoms with Crippen LogP contribution in [-0.4, -0.2) is 55.6 Å². The first-order chi connectivity index (χ1) is 9.86. The van der Waals surface area contributed by atoms with Gasteiger partial charge < -0.3 is 15.1 Å². The van der Waals surface area contributed by atoms with E-state index in [0.29, 0.717) is 6.04 Å². The summed E-state index contributed by atoms with van der Waals surface area (Å²) in [5.41, 5.74) is 3.08. The van der Waals surface area contributed by atoms with Crippen molar-refractivity contribution < 1.29 is 0 Å². The molecule has 3 heteroatoms. The fraction of sp³-hybridized carbons (Fsp3) is 0.647. The maximum atomic E-state index is 3.70. The van der Waals surface area contributed by atoms with E-state index in [-0.39, 0.29) is 0 Å². The van der Waals surface area contributed by atoms with Gasteiger partial charge in [-0.05, 0) is 37.1 Å². The number of piperazine rings is 1. The van der Waals surface area contributed by atoms with Crippen molar-refractivity contribution in [2.75, 3.05) is 45.8 Å². The minimum absolute atomic E-state index is 0.559. The van der Waals surface area contributed by atoms with Crippen LogP contribution in [-0.2, 0) is 6.42 Å². The number of hydrogen-bond donors (Lipinski definition) is 1. The molecule has 3 rings (SSSR count). The van der Waals surface area contributed by atoms with Gasteiger partial charge in [-0.1, -0.05) is 31.2 Å². The Morgan fingerprint density at radius 3 is 2.65 bits per heavy atom. The number of hydrogen-bond acceptors (Lipinski definition) is 3. The van der Waals surface area contributed by atoms with E-state index >= 15 is 0 Å². The number of nitrogens with zero attached hydrogens (tertiary/aromatic N) is 2. The molecule has 110 valence electrons. The summed E-state index contributed by atoms with van der Waals surface area (Å²) >= 11 is 0. The molecule has 1 unspecified atom stereocenters. The number of nitrogens with one attached hydrogen (secondary N) is 1. The third-order valence-electron chi connectivity index (χ3n) is 4.86. The highest BCUT2D eigenvalue weighted by atomic mass is 15.3. The first kappa shape index (κ1) is 14.1. The Bertz CT molecular complexity index is 424. The second-order valence-corrected chi connectivity index (χ2v) is 6.02. The maximum Gasteiger partial charge on any atom is 0.0335 e. The number of fused-ring (bicyclic) bond motifs is 1. The van der Waals surface area contributed by atoms with Crippen molar-refractivity contribution in [3.8, 4) is 0 Å². The second-order valence-electron chi connectivity index (χ2n) is 6.02. The van der Waals surface area contributed by atoms with Gasteiger partial charge in [0.15, 0.2) is 0 Å². The fourth-order valence-corrected chi connectivity index (χ4v) is 3.49. The van der Waals surface area contributed by atoms with Crippen molar-refractivity contribution >= 4 is 0 Å². The predicted molar refractivity (Wildman–Crippen MR) is 84.1 cm³/mol. The third kappa shape index (κ3) is 3.22. The molecule has 0 saturated carbocycles. The molecule has 1 aromatic carbocycles. The van der Waals surface area contributed by atoms with Crippen molar-refractivity contribution in [1.29, 1.82) is 0 Å². The standard InChI is InChI=1S/C17H27N3/c1-2-19-11-13-20(14-12-19)10-8-17-16-6-4-3-5-15(16)7-9-18-17/h3-6,17-18H,2,7-14H2,1H3. The van der Waals surface area contributed by atoms with E-state index in [1.54, 1.807) is 5.56 Å². The summed E-state index contributed by atoms with van der Waals surface area (Å²) < 4.78 is 0. The summed E-state index contributed by atoms with van der Waals surface area (Å²) in [6.45, 7) is 10.8. The zero-order chi connectivity index (χ0) is 13.8. The van der Waals surface area contributed by atoms with Crippen molar-refractivity contribution in [1.82, 2.24) is 15.1 Å². The first-order valence-electron chi connectivity index (χ1n) is 8.12. The van der Waals surface area contributed by atoms with Gasteiger partial charge in [0.05, 0.1) is 0 Å². The molecule has 20 heavy (non-hydrogen) atoms. The van der Waals surface area contributed by atoms with Gasteiger partial charge in [0.1, 0.15) is 0 Å². The van der Waals surface area contributed by atoms with Crippen LogP contribution in [0.2, 0.25) is 0 Å². The van der Waals surface area contributed by atoms with E-state index in [4.69, 9.17) is 0 Å². The van der Waals surface area contributed by atoms with E-state index in [2.05, 4.69) is 46.3 Å². The highest BCUT2D eigenvalue weighted by molar-refractivity contribution is 5.32. The van der Waals surface area contributed by atoms with E-state index in [9.17, 15) is 0 Å². The third-order valence-corrected chi connectivity index (χ3v) is 4.86. The normalized spacial score (nSPS) is 24.6. The first-order valence-corrected chi connectivity index (χ1v) is 8.12. The molecule has 2 heterocycles. The van der Waals surface area contributed by atoms with Crippen molar-refractivity contribution in [2.24, 2.45) is 0 Å². The lowest BCUT2D eigenvalue weighted by Gasteiger charge is -2.35. The Balaban J connectivity index is 1.52. The average molecular weight is 273 g/mol. The quantitative estimate of drug-likeness (QED) is 0.904. The molecule has 1 fully saturated rings. The topological polar surface area (TPSA) is 18.5 Å². The summed E-state index contributed by atoms with van der Waals surface area (Å²) in [6.07, 6.45) is 2.42. The molecule has 3 nitrogen and oxygen atoms in total. The molecule has 1 aromatic rings.